The van der Waals surface area contributed by atoms with E-state index in [0.717, 1.165) is 9.78 Å². The highest BCUT2D eigenvalue weighted by Crippen LogP contribution is 2.27. The number of carbonyl (C=O) groups excluding carboxylic acids is 5. The molecule has 2 heterocycles. The summed E-state index contributed by atoms with van der Waals surface area (Å²) in [4.78, 5) is 64.2. The van der Waals surface area contributed by atoms with Gasteiger partial charge in [0.15, 0.2) is 6.61 Å². The molecule has 1 aliphatic rings. The van der Waals surface area contributed by atoms with Gasteiger partial charge < -0.3 is 10.1 Å². The first-order chi connectivity index (χ1) is 15.8. The number of imide groups is 2. The molecule has 2 N–H and O–H groups in total. The number of esters is 1. The Morgan fingerprint density at radius 3 is 2.27 bits per heavy atom. The zero-order valence-corrected chi connectivity index (χ0v) is 19.1. The fourth-order valence-electron chi connectivity index (χ4n) is 3.44. The van der Waals surface area contributed by atoms with Gasteiger partial charge in [0.05, 0.1) is 11.1 Å². The van der Waals surface area contributed by atoms with Crippen LogP contribution in [0.3, 0.4) is 0 Å². The van der Waals surface area contributed by atoms with Crippen LogP contribution in [0.2, 0.25) is 0 Å². The minimum atomic E-state index is -1.18. The molecule has 0 saturated carbocycles. The molecule has 1 aliphatic heterocycles. The first-order valence-electron chi connectivity index (χ1n) is 10.5. The summed E-state index contributed by atoms with van der Waals surface area (Å²) in [5.74, 6) is -2.88. The zero-order valence-electron chi connectivity index (χ0n) is 18.3. The number of carbonyl (C=O) groups is 5. The third-order valence-corrected chi connectivity index (χ3v) is 5.88. The highest BCUT2D eigenvalue weighted by molar-refractivity contribution is 7.09. The molecule has 3 rings (SSSR count). The lowest BCUT2D eigenvalue weighted by molar-refractivity contribution is -0.152. The van der Waals surface area contributed by atoms with Crippen LogP contribution in [0.4, 0.5) is 4.79 Å². The maximum absolute atomic E-state index is 12.8. The van der Waals surface area contributed by atoms with Gasteiger partial charge in [-0.05, 0) is 42.3 Å². The summed E-state index contributed by atoms with van der Waals surface area (Å²) in [7, 11) is 0. The van der Waals surface area contributed by atoms with E-state index in [1.165, 1.54) is 12.1 Å². The van der Waals surface area contributed by atoms with E-state index >= 15 is 0 Å². The average Bonchev–Trinajstić information content (AvgIpc) is 3.37. The Bertz CT molecular complexity index is 1020. The predicted molar refractivity (Wildman–Crippen MR) is 121 cm³/mol. The van der Waals surface area contributed by atoms with Gasteiger partial charge in [-0.25, -0.2) is 9.59 Å². The summed E-state index contributed by atoms with van der Waals surface area (Å²) in [6.45, 7) is 3.31. The van der Waals surface area contributed by atoms with Crippen LogP contribution < -0.4 is 10.6 Å². The van der Waals surface area contributed by atoms with Crippen LogP contribution in [-0.2, 0) is 20.7 Å². The maximum atomic E-state index is 12.8. The maximum Gasteiger partial charge on any atom is 0.329 e. The lowest BCUT2D eigenvalue weighted by Gasteiger charge is -2.25. The van der Waals surface area contributed by atoms with Crippen molar-refractivity contribution in [2.45, 2.75) is 32.7 Å². The molecule has 0 fully saturated rings. The average molecular weight is 472 g/mol. The summed E-state index contributed by atoms with van der Waals surface area (Å²) < 4.78 is 5.06. The quantitative estimate of drug-likeness (QED) is 0.428. The van der Waals surface area contributed by atoms with Crippen LogP contribution in [-0.4, -0.2) is 53.8 Å². The van der Waals surface area contributed by atoms with Crippen LogP contribution >= 0.6 is 11.3 Å². The number of nitrogens with one attached hydrogen (secondary N) is 2. The van der Waals surface area contributed by atoms with Crippen LogP contribution in [0.1, 0.15) is 45.9 Å². The fourth-order valence-corrected chi connectivity index (χ4v) is 4.15. The molecule has 0 radical (unpaired) electrons. The smallest absolute Gasteiger partial charge is 0.329 e. The van der Waals surface area contributed by atoms with E-state index in [2.05, 4.69) is 10.6 Å². The number of nitrogens with zero attached hydrogens (tertiary/aromatic N) is 1. The minimum absolute atomic E-state index is 0.0326. The number of ether oxygens (including phenoxy) is 1. The van der Waals surface area contributed by atoms with Crippen molar-refractivity contribution in [3.05, 3.63) is 57.8 Å². The number of thiophene rings is 1. The molecule has 1 aromatic heterocycles. The third kappa shape index (κ3) is 6.04. The van der Waals surface area contributed by atoms with Gasteiger partial charge in [-0.15, -0.1) is 11.3 Å². The van der Waals surface area contributed by atoms with Crippen LogP contribution in [0, 0.1) is 5.92 Å². The zero-order chi connectivity index (χ0) is 24.0. The van der Waals surface area contributed by atoms with E-state index in [-0.39, 0.29) is 23.5 Å². The SMILES string of the molecule is CC(C)CC(C(=O)OCC(=O)NC(=O)NCCc1cccs1)N1C(=O)c2ccccc2C1=O. The lowest BCUT2D eigenvalue weighted by atomic mass is 10.0. The van der Waals surface area contributed by atoms with Gasteiger partial charge in [0.2, 0.25) is 0 Å². The summed E-state index contributed by atoms with van der Waals surface area (Å²) in [5, 5.41) is 6.57. The Morgan fingerprint density at radius 2 is 1.70 bits per heavy atom. The summed E-state index contributed by atoms with van der Waals surface area (Å²) >= 11 is 1.57. The molecule has 5 amide bonds. The second kappa shape index (κ2) is 10.9. The highest BCUT2D eigenvalue weighted by Gasteiger charge is 2.43. The third-order valence-electron chi connectivity index (χ3n) is 4.94. The molecule has 0 aliphatic carbocycles. The van der Waals surface area contributed by atoms with Gasteiger partial charge in [-0.2, -0.15) is 0 Å². The van der Waals surface area contributed by atoms with E-state index in [1.54, 1.807) is 23.5 Å². The second-order valence-corrected chi connectivity index (χ2v) is 8.94. The van der Waals surface area contributed by atoms with Crippen molar-refractivity contribution in [3.8, 4) is 0 Å². The second-order valence-electron chi connectivity index (χ2n) is 7.91. The highest BCUT2D eigenvalue weighted by atomic mass is 32.1. The standard InChI is InChI=1S/C23H25N3O6S/c1-14(2)12-18(26-20(28)16-7-3-4-8-17(16)21(26)29)22(30)32-13-19(27)25-23(31)24-10-9-15-6-5-11-33-15/h3-8,11,14,18H,9-10,12-13H2,1-2H3,(H2,24,25,27,31). The molecule has 1 unspecified atom stereocenters. The summed E-state index contributed by atoms with van der Waals surface area (Å²) in [6.07, 6.45) is 0.806. The topological polar surface area (TPSA) is 122 Å². The van der Waals surface area contributed by atoms with Gasteiger partial charge >= 0.3 is 12.0 Å². The van der Waals surface area contributed by atoms with Crippen molar-refractivity contribution < 1.29 is 28.7 Å². The molecule has 2 aromatic rings. The Kier molecular flexibility index (Phi) is 7.94. The first kappa shape index (κ1) is 24.1. The molecule has 0 bridgehead atoms. The van der Waals surface area contributed by atoms with Gasteiger partial charge in [-0.1, -0.05) is 32.0 Å². The number of rotatable bonds is 9. The number of amides is 5. The summed E-state index contributed by atoms with van der Waals surface area (Å²) in [5.41, 5.74) is 0.446. The largest absolute Gasteiger partial charge is 0.454 e. The van der Waals surface area contributed by atoms with Gasteiger partial charge in [0.1, 0.15) is 6.04 Å². The Labute approximate surface area is 195 Å². The van der Waals surface area contributed by atoms with Crippen molar-refractivity contribution in [1.82, 2.24) is 15.5 Å². The normalized spacial score (nSPS) is 13.6. The number of fused-ring (bicyclic) bond motifs is 1. The first-order valence-corrected chi connectivity index (χ1v) is 11.4. The number of urea groups is 1. The van der Waals surface area contributed by atoms with E-state index in [4.69, 9.17) is 4.74 Å². The Morgan fingerprint density at radius 1 is 1.03 bits per heavy atom. The van der Waals surface area contributed by atoms with E-state index in [9.17, 15) is 24.0 Å². The van der Waals surface area contributed by atoms with Crippen LogP contribution in [0.5, 0.6) is 0 Å². The van der Waals surface area contributed by atoms with Crippen molar-refractivity contribution in [3.63, 3.8) is 0 Å². The van der Waals surface area contributed by atoms with Crippen molar-refractivity contribution in [2.75, 3.05) is 13.2 Å². The lowest BCUT2D eigenvalue weighted by Crippen LogP contribution is -2.47. The van der Waals surface area contributed by atoms with E-state index in [1.807, 2.05) is 31.4 Å². The molecular weight excluding hydrogens is 446 g/mol. The molecule has 33 heavy (non-hydrogen) atoms. The molecule has 10 heteroatoms. The Balaban J connectivity index is 1.54. The predicted octanol–water partition coefficient (Wildman–Crippen LogP) is 2.37. The molecule has 174 valence electrons. The molecule has 1 atom stereocenters. The summed E-state index contributed by atoms with van der Waals surface area (Å²) in [6, 6.07) is 8.30. The molecular formula is C23H25N3O6S. The number of benzene rings is 1. The Hall–Kier alpha value is -3.53. The van der Waals surface area contributed by atoms with Crippen LogP contribution in [0.25, 0.3) is 0 Å². The van der Waals surface area contributed by atoms with E-state index in [0.29, 0.717) is 13.0 Å². The van der Waals surface area contributed by atoms with Crippen molar-refractivity contribution in [1.29, 1.82) is 0 Å². The molecule has 0 spiro atoms. The van der Waals surface area contributed by atoms with Gasteiger partial charge in [-0.3, -0.25) is 24.6 Å². The van der Waals surface area contributed by atoms with Crippen molar-refractivity contribution >= 4 is 41.1 Å². The van der Waals surface area contributed by atoms with Crippen molar-refractivity contribution in [2.24, 2.45) is 5.92 Å². The monoisotopic (exact) mass is 471 g/mol. The van der Waals surface area contributed by atoms with Gasteiger partial charge in [0.25, 0.3) is 17.7 Å². The molecule has 1 aromatic carbocycles. The van der Waals surface area contributed by atoms with Crippen LogP contribution in [0.15, 0.2) is 41.8 Å². The molecule has 0 saturated heterocycles. The number of hydrogen-bond donors (Lipinski definition) is 2. The molecule has 9 nitrogen and oxygen atoms in total. The van der Waals surface area contributed by atoms with E-state index < -0.39 is 42.4 Å². The number of hydrogen-bond acceptors (Lipinski definition) is 7. The minimum Gasteiger partial charge on any atom is -0.454 e. The van der Waals surface area contributed by atoms with Gasteiger partial charge in [0, 0.05) is 11.4 Å². The fraction of sp³-hybridized carbons (Fsp3) is 0.348.